The van der Waals surface area contributed by atoms with E-state index in [9.17, 15) is 5.26 Å². The Labute approximate surface area is 172 Å². The third kappa shape index (κ3) is 2.64. The van der Waals surface area contributed by atoms with Crippen molar-refractivity contribution >= 4 is 11.5 Å². The average Bonchev–Trinajstić information content (AvgIpc) is 3.18. The number of pyridine rings is 2. The SMILES string of the molecule is COc1cc(C#N)c(-c2nc3c([nH]2)-c2ccncc2Nc2ncccc2-3)c(OC)c1. The lowest BCUT2D eigenvalue weighted by Crippen LogP contribution is -1.97. The van der Waals surface area contributed by atoms with Crippen molar-refractivity contribution in [2.45, 2.75) is 0 Å². The Kier molecular flexibility index (Phi) is 4.07. The maximum atomic E-state index is 9.75. The summed E-state index contributed by atoms with van der Waals surface area (Å²) in [5.41, 5.74) is 5.07. The van der Waals surface area contributed by atoms with E-state index >= 15 is 0 Å². The summed E-state index contributed by atoms with van der Waals surface area (Å²) in [6.07, 6.45) is 5.20. The Bertz CT molecular complexity index is 1260. The second-order valence-corrected chi connectivity index (χ2v) is 6.62. The molecule has 1 aliphatic heterocycles. The van der Waals surface area contributed by atoms with E-state index in [0.29, 0.717) is 34.3 Å². The molecule has 8 nitrogen and oxygen atoms in total. The van der Waals surface area contributed by atoms with Crippen LogP contribution in [0, 0.1) is 11.3 Å². The molecule has 0 spiro atoms. The standard InChI is InChI=1S/C22H16N6O2/c1-29-13-8-12(10-23)18(17(9-13)30-2)22-27-19-14-5-7-24-11-16(14)26-21-15(20(19)28-22)4-3-6-25-21/h3-9,11H,1-2H3,(H,25,26)(H,27,28). The lowest BCUT2D eigenvalue weighted by atomic mass is 10.1. The number of H-pyrrole nitrogens is 1. The number of fused-ring (bicyclic) bond motifs is 5. The predicted octanol–water partition coefficient (Wildman–Crippen LogP) is 4.15. The molecule has 1 aliphatic rings. The number of benzene rings is 1. The number of aromatic nitrogens is 4. The largest absolute Gasteiger partial charge is 0.497 e. The number of ether oxygens (including phenoxy) is 2. The Balaban J connectivity index is 1.81. The van der Waals surface area contributed by atoms with Gasteiger partial charge in [0, 0.05) is 29.6 Å². The molecular weight excluding hydrogens is 380 g/mol. The molecule has 0 fully saturated rings. The highest BCUT2D eigenvalue weighted by Gasteiger charge is 2.26. The van der Waals surface area contributed by atoms with Crippen molar-refractivity contribution < 1.29 is 9.47 Å². The van der Waals surface area contributed by atoms with Crippen molar-refractivity contribution in [3.63, 3.8) is 0 Å². The van der Waals surface area contributed by atoms with Gasteiger partial charge in [-0.05, 0) is 24.3 Å². The zero-order valence-electron chi connectivity index (χ0n) is 16.2. The molecule has 0 radical (unpaired) electrons. The first-order valence-corrected chi connectivity index (χ1v) is 9.16. The van der Waals surface area contributed by atoms with Crippen LogP contribution < -0.4 is 14.8 Å². The fourth-order valence-electron chi connectivity index (χ4n) is 3.62. The fraction of sp³-hybridized carbons (Fsp3) is 0.0909. The van der Waals surface area contributed by atoms with Gasteiger partial charge in [-0.1, -0.05) is 0 Å². The Morgan fingerprint density at radius 2 is 1.97 bits per heavy atom. The highest BCUT2D eigenvalue weighted by molar-refractivity contribution is 5.95. The summed E-state index contributed by atoms with van der Waals surface area (Å²) in [7, 11) is 3.10. The normalized spacial score (nSPS) is 11.2. The Morgan fingerprint density at radius 1 is 1.07 bits per heavy atom. The summed E-state index contributed by atoms with van der Waals surface area (Å²) in [4.78, 5) is 16.9. The van der Waals surface area contributed by atoms with Crippen molar-refractivity contribution in [2.75, 3.05) is 19.5 Å². The predicted molar refractivity (Wildman–Crippen MR) is 112 cm³/mol. The third-order valence-electron chi connectivity index (χ3n) is 5.00. The maximum absolute atomic E-state index is 9.75. The topological polar surface area (TPSA) is 109 Å². The van der Waals surface area contributed by atoms with Gasteiger partial charge < -0.3 is 19.8 Å². The molecule has 2 N–H and O–H groups in total. The van der Waals surface area contributed by atoms with E-state index in [0.717, 1.165) is 28.2 Å². The van der Waals surface area contributed by atoms with Crippen LogP contribution in [-0.4, -0.2) is 34.2 Å². The zero-order chi connectivity index (χ0) is 20.7. The average molecular weight is 396 g/mol. The number of nitrogens with zero attached hydrogens (tertiary/aromatic N) is 4. The fourth-order valence-corrected chi connectivity index (χ4v) is 3.62. The molecule has 8 heteroatoms. The molecule has 0 saturated carbocycles. The first kappa shape index (κ1) is 17.7. The molecule has 3 aromatic heterocycles. The number of hydrogen-bond donors (Lipinski definition) is 2. The molecule has 146 valence electrons. The van der Waals surface area contributed by atoms with Crippen LogP contribution in [0.4, 0.5) is 11.5 Å². The number of hydrogen-bond acceptors (Lipinski definition) is 7. The van der Waals surface area contributed by atoms with Crippen LogP contribution in [0.5, 0.6) is 11.5 Å². The molecule has 30 heavy (non-hydrogen) atoms. The minimum atomic E-state index is 0.398. The van der Waals surface area contributed by atoms with Gasteiger partial charge in [0.1, 0.15) is 34.9 Å². The second-order valence-electron chi connectivity index (χ2n) is 6.62. The highest BCUT2D eigenvalue weighted by atomic mass is 16.5. The summed E-state index contributed by atoms with van der Waals surface area (Å²) >= 11 is 0. The van der Waals surface area contributed by atoms with Gasteiger partial charge in [-0.3, -0.25) is 4.98 Å². The van der Waals surface area contributed by atoms with Gasteiger partial charge in [-0.25, -0.2) is 9.97 Å². The number of anilines is 2. The van der Waals surface area contributed by atoms with E-state index in [1.807, 2.05) is 18.2 Å². The van der Waals surface area contributed by atoms with Crippen LogP contribution >= 0.6 is 0 Å². The second kappa shape index (κ2) is 6.90. The minimum absolute atomic E-state index is 0.398. The molecule has 0 saturated heterocycles. The van der Waals surface area contributed by atoms with Crippen molar-refractivity contribution in [1.29, 1.82) is 5.26 Å². The van der Waals surface area contributed by atoms with Crippen molar-refractivity contribution in [3.05, 3.63) is 54.5 Å². The number of aromatic amines is 1. The Morgan fingerprint density at radius 3 is 2.77 bits per heavy atom. The van der Waals surface area contributed by atoms with Gasteiger partial charge in [0.15, 0.2) is 0 Å². The first-order valence-electron chi connectivity index (χ1n) is 9.16. The summed E-state index contributed by atoms with van der Waals surface area (Å²) in [6, 6.07) is 11.3. The van der Waals surface area contributed by atoms with E-state index < -0.39 is 0 Å². The van der Waals surface area contributed by atoms with Crippen LogP contribution in [0.2, 0.25) is 0 Å². The van der Waals surface area contributed by atoms with Crippen molar-refractivity contribution in [2.24, 2.45) is 0 Å². The van der Waals surface area contributed by atoms with Gasteiger partial charge in [0.05, 0.1) is 42.9 Å². The number of nitrogens with one attached hydrogen (secondary N) is 2. The van der Waals surface area contributed by atoms with Crippen LogP contribution in [-0.2, 0) is 0 Å². The molecular formula is C22H16N6O2. The smallest absolute Gasteiger partial charge is 0.143 e. The van der Waals surface area contributed by atoms with Gasteiger partial charge >= 0.3 is 0 Å². The monoisotopic (exact) mass is 396 g/mol. The molecule has 0 atom stereocenters. The quantitative estimate of drug-likeness (QED) is 0.471. The van der Waals surface area contributed by atoms with E-state index in [-0.39, 0.29) is 0 Å². The molecule has 0 bridgehead atoms. The van der Waals surface area contributed by atoms with E-state index in [2.05, 4.69) is 26.3 Å². The van der Waals surface area contributed by atoms with Crippen LogP contribution in [0.25, 0.3) is 33.9 Å². The molecule has 4 heterocycles. The van der Waals surface area contributed by atoms with Gasteiger partial charge in [0.2, 0.25) is 0 Å². The minimum Gasteiger partial charge on any atom is -0.497 e. The lowest BCUT2D eigenvalue weighted by Gasteiger charge is -2.11. The molecule has 0 aliphatic carbocycles. The van der Waals surface area contributed by atoms with Crippen LogP contribution in [0.3, 0.4) is 0 Å². The number of nitriles is 1. The van der Waals surface area contributed by atoms with Crippen molar-refractivity contribution in [3.8, 4) is 51.5 Å². The highest BCUT2D eigenvalue weighted by Crippen LogP contribution is 2.44. The summed E-state index contributed by atoms with van der Waals surface area (Å²) < 4.78 is 10.9. The third-order valence-corrected chi connectivity index (χ3v) is 5.00. The first-order chi connectivity index (χ1) is 14.7. The van der Waals surface area contributed by atoms with E-state index in [1.165, 1.54) is 0 Å². The van der Waals surface area contributed by atoms with Gasteiger partial charge in [0.25, 0.3) is 0 Å². The van der Waals surface area contributed by atoms with Crippen LogP contribution in [0.1, 0.15) is 5.56 Å². The molecule has 0 unspecified atom stereocenters. The number of methoxy groups -OCH3 is 2. The number of imidazole rings is 1. The molecule has 5 rings (SSSR count). The number of rotatable bonds is 3. The molecule has 1 aromatic carbocycles. The zero-order valence-corrected chi connectivity index (χ0v) is 16.2. The Hall–Kier alpha value is -4.38. The van der Waals surface area contributed by atoms with Gasteiger partial charge in [-0.2, -0.15) is 5.26 Å². The van der Waals surface area contributed by atoms with Crippen molar-refractivity contribution in [1.82, 2.24) is 19.9 Å². The molecule has 0 amide bonds. The lowest BCUT2D eigenvalue weighted by molar-refractivity contribution is 0.395. The van der Waals surface area contributed by atoms with Crippen LogP contribution in [0.15, 0.2) is 48.9 Å². The van der Waals surface area contributed by atoms with E-state index in [1.54, 1.807) is 44.9 Å². The molecule has 4 aromatic rings. The summed E-state index contributed by atoms with van der Waals surface area (Å²) in [6.45, 7) is 0. The van der Waals surface area contributed by atoms with E-state index in [4.69, 9.17) is 14.5 Å². The summed E-state index contributed by atoms with van der Waals surface area (Å²) in [5, 5.41) is 13.1. The summed E-state index contributed by atoms with van der Waals surface area (Å²) in [5.74, 6) is 2.24. The van der Waals surface area contributed by atoms with Gasteiger partial charge in [-0.15, -0.1) is 0 Å². The maximum Gasteiger partial charge on any atom is 0.143 e.